The van der Waals surface area contributed by atoms with E-state index in [1.807, 2.05) is 24.3 Å². The summed E-state index contributed by atoms with van der Waals surface area (Å²) in [4.78, 5) is 14.4. The quantitative estimate of drug-likeness (QED) is 0.760. The van der Waals surface area contributed by atoms with E-state index in [2.05, 4.69) is 4.90 Å². The van der Waals surface area contributed by atoms with Gasteiger partial charge in [0.15, 0.2) is 5.78 Å². The molecular formula is C21H23ClFNO2. The lowest BCUT2D eigenvalue weighted by molar-refractivity contribution is -0.0260. The number of likely N-dealkylation sites (tertiary alicyclic amines) is 1. The third-order valence-corrected chi connectivity index (χ3v) is 5.36. The molecule has 1 aliphatic heterocycles. The first-order valence-corrected chi connectivity index (χ1v) is 9.34. The molecule has 1 heterocycles. The van der Waals surface area contributed by atoms with E-state index in [4.69, 9.17) is 11.6 Å². The summed E-state index contributed by atoms with van der Waals surface area (Å²) in [5, 5.41) is 11.5. The van der Waals surface area contributed by atoms with Crippen molar-refractivity contribution in [1.82, 2.24) is 4.90 Å². The topological polar surface area (TPSA) is 40.5 Å². The maximum Gasteiger partial charge on any atom is 0.162 e. The van der Waals surface area contributed by atoms with Gasteiger partial charge in [-0.1, -0.05) is 23.7 Å². The Kier molecular flexibility index (Phi) is 6.07. The van der Waals surface area contributed by atoms with E-state index in [0.717, 1.165) is 31.6 Å². The molecule has 0 aliphatic carbocycles. The Morgan fingerprint density at radius 2 is 1.69 bits per heavy atom. The number of nitrogens with zero attached hydrogens (tertiary/aromatic N) is 1. The van der Waals surface area contributed by atoms with E-state index < -0.39 is 5.60 Å². The second-order valence-electron chi connectivity index (χ2n) is 6.91. The number of carbonyl (C=O) groups is 1. The fraction of sp³-hybridized carbons (Fsp3) is 0.381. The summed E-state index contributed by atoms with van der Waals surface area (Å²) in [5.74, 6) is -0.289. The van der Waals surface area contributed by atoms with E-state index in [1.165, 1.54) is 24.3 Å². The molecule has 5 heteroatoms. The van der Waals surface area contributed by atoms with Gasteiger partial charge < -0.3 is 10.0 Å². The lowest BCUT2D eigenvalue weighted by Crippen LogP contribution is -2.42. The number of ketones is 1. The van der Waals surface area contributed by atoms with Crippen LogP contribution in [0, 0.1) is 5.82 Å². The molecule has 0 aromatic heterocycles. The number of rotatable bonds is 6. The minimum Gasteiger partial charge on any atom is -0.385 e. The largest absolute Gasteiger partial charge is 0.385 e. The molecule has 3 nitrogen and oxygen atoms in total. The smallest absolute Gasteiger partial charge is 0.162 e. The SMILES string of the molecule is O=C(CCCN1CCC(O)(c2ccc(Cl)cc2)CC1)c1ccc([18F])cc1. The molecule has 0 bridgehead atoms. The standard InChI is InChI=1S/C21H23ClFNO2/c22-18-7-5-17(6-8-18)21(26)11-14-24(15-12-21)13-1-2-20(25)16-3-9-19(23)10-4-16/h3-10,26H,1-2,11-15H2/i23-1. The van der Waals surface area contributed by atoms with Crippen molar-refractivity contribution in [2.45, 2.75) is 31.3 Å². The predicted molar refractivity (Wildman–Crippen MR) is 101 cm³/mol. The summed E-state index contributed by atoms with van der Waals surface area (Å²) in [6.07, 6.45) is 2.54. The Labute approximate surface area is 158 Å². The van der Waals surface area contributed by atoms with Gasteiger partial charge in [0.05, 0.1) is 5.60 Å². The number of hydrogen-bond donors (Lipinski definition) is 1. The number of carbonyl (C=O) groups excluding carboxylic acids is 1. The summed E-state index contributed by atoms with van der Waals surface area (Å²) in [6, 6.07) is 13.1. The van der Waals surface area contributed by atoms with Gasteiger partial charge in [-0.05, 0) is 67.8 Å². The summed E-state index contributed by atoms with van der Waals surface area (Å²) < 4.78 is 12.9. The van der Waals surface area contributed by atoms with Gasteiger partial charge in [-0.25, -0.2) is 4.39 Å². The third-order valence-electron chi connectivity index (χ3n) is 5.11. The zero-order valence-corrected chi connectivity index (χ0v) is 15.4. The molecule has 0 amide bonds. The minimum atomic E-state index is -0.801. The molecule has 138 valence electrons. The highest BCUT2D eigenvalue weighted by Crippen LogP contribution is 2.33. The van der Waals surface area contributed by atoms with Gasteiger partial charge in [-0.15, -0.1) is 0 Å². The molecule has 26 heavy (non-hydrogen) atoms. The van der Waals surface area contributed by atoms with Gasteiger partial charge in [0.1, 0.15) is 5.82 Å². The summed E-state index contributed by atoms with van der Waals surface area (Å²) in [7, 11) is 0. The molecule has 1 saturated heterocycles. The Bertz CT molecular complexity index is 738. The molecule has 2 aromatic carbocycles. The first-order chi connectivity index (χ1) is 12.5. The molecule has 2 aromatic rings. The number of hydrogen-bond acceptors (Lipinski definition) is 3. The van der Waals surface area contributed by atoms with E-state index in [0.29, 0.717) is 29.8 Å². The molecule has 0 radical (unpaired) electrons. The predicted octanol–water partition coefficient (Wildman–Crippen LogP) is 4.43. The molecule has 1 N–H and O–H groups in total. The van der Waals surface area contributed by atoms with Crippen molar-refractivity contribution in [2.75, 3.05) is 19.6 Å². The molecule has 0 spiro atoms. The lowest BCUT2D eigenvalue weighted by Gasteiger charge is -2.38. The molecule has 0 saturated carbocycles. The monoisotopic (exact) mass is 374 g/mol. The van der Waals surface area contributed by atoms with Crippen LogP contribution in [0.25, 0.3) is 0 Å². The second-order valence-corrected chi connectivity index (χ2v) is 7.35. The van der Waals surface area contributed by atoms with Crippen LogP contribution < -0.4 is 0 Å². The van der Waals surface area contributed by atoms with Crippen LogP contribution in [0.15, 0.2) is 48.5 Å². The van der Waals surface area contributed by atoms with Gasteiger partial charge >= 0.3 is 0 Å². The molecule has 3 rings (SSSR count). The number of benzene rings is 2. The number of halogens is 2. The number of piperidine rings is 1. The highest BCUT2D eigenvalue weighted by atomic mass is 35.5. The fourth-order valence-electron chi connectivity index (χ4n) is 3.44. The number of Topliss-reactive ketones (excluding diaryl/α,β-unsaturated/α-hetero) is 1. The van der Waals surface area contributed by atoms with Crippen LogP contribution in [0.5, 0.6) is 0 Å². The van der Waals surface area contributed by atoms with Crippen LogP contribution in [-0.4, -0.2) is 35.4 Å². The van der Waals surface area contributed by atoms with Crippen LogP contribution in [0.4, 0.5) is 4.39 Å². The van der Waals surface area contributed by atoms with Gasteiger partial charge in [0.25, 0.3) is 0 Å². The van der Waals surface area contributed by atoms with Gasteiger partial charge in [0, 0.05) is 30.1 Å². The average Bonchev–Trinajstić information content (AvgIpc) is 2.64. The minimum absolute atomic E-state index is 0.0414. The fourth-order valence-corrected chi connectivity index (χ4v) is 3.56. The summed E-state index contributed by atoms with van der Waals surface area (Å²) in [5.41, 5.74) is 0.667. The summed E-state index contributed by atoms with van der Waals surface area (Å²) >= 11 is 5.92. The second kappa shape index (κ2) is 8.30. The van der Waals surface area contributed by atoms with Crippen LogP contribution >= 0.6 is 11.6 Å². The van der Waals surface area contributed by atoms with Crippen molar-refractivity contribution in [2.24, 2.45) is 0 Å². The van der Waals surface area contributed by atoms with E-state index in [1.54, 1.807) is 0 Å². The molecule has 0 unspecified atom stereocenters. The average molecular weight is 375 g/mol. The van der Waals surface area contributed by atoms with Crippen LogP contribution in [-0.2, 0) is 5.60 Å². The Morgan fingerprint density at radius 1 is 1.08 bits per heavy atom. The van der Waals surface area contributed by atoms with E-state index >= 15 is 0 Å². The van der Waals surface area contributed by atoms with Crippen molar-refractivity contribution < 1.29 is 14.3 Å². The molecular weight excluding hydrogens is 352 g/mol. The first-order valence-electron chi connectivity index (χ1n) is 8.96. The lowest BCUT2D eigenvalue weighted by atomic mass is 9.84. The van der Waals surface area contributed by atoms with Crippen molar-refractivity contribution in [3.8, 4) is 0 Å². The van der Waals surface area contributed by atoms with Crippen LogP contribution in [0.1, 0.15) is 41.6 Å². The molecule has 1 aliphatic rings. The van der Waals surface area contributed by atoms with Crippen LogP contribution in [0.3, 0.4) is 0 Å². The zero-order valence-electron chi connectivity index (χ0n) is 14.6. The van der Waals surface area contributed by atoms with Crippen molar-refractivity contribution in [3.63, 3.8) is 0 Å². The maximum atomic E-state index is 12.9. The van der Waals surface area contributed by atoms with Gasteiger partial charge in [0.2, 0.25) is 0 Å². The highest BCUT2D eigenvalue weighted by molar-refractivity contribution is 6.30. The highest BCUT2D eigenvalue weighted by Gasteiger charge is 2.33. The van der Waals surface area contributed by atoms with E-state index in [9.17, 15) is 14.3 Å². The maximum absolute atomic E-state index is 12.9. The first kappa shape index (κ1) is 19.0. The zero-order chi connectivity index (χ0) is 18.6. The van der Waals surface area contributed by atoms with E-state index in [-0.39, 0.29) is 11.6 Å². The number of aliphatic hydroxyl groups is 1. The van der Waals surface area contributed by atoms with Crippen LogP contribution in [0.2, 0.25) is 5.02 Å². The normalized spacial score (nSPS) is 17.2. The Morgan fingerprint density at radius 3 is 2.31 bits per heavy atom. The molecule has 1 fully saturated rings. The summed E-state index contributed by atoms with van der Waals surface area (Å²) in [6.45, 7) is 2.41. The van der Waals surface area contributed by atoms with Crippen molar-refractivity contribution in [1.29, 1.82) is 0 Å². The van der Waals surface area contributed by atoms with Crippen molar-refractivity contribution >= 4 is 17.4 Å². The Hall–Kier alpha value is -1.75. The third kappa shape index (κ3) is 4.70. The molecule has 0 atom stereocenters. The Balaban J connectivity index is 1.44. The van der Waals surface area contributed by atoms with Gasteiger partial charge in [-0.2, -0.15) is 0 Å². The van der Waals surface area contributed by atoms with Crippen molar-refractivity contribution in [3.05, 3.63) is 70.5 Å². The van der Waals surface area contributed by atoms with Gasteiger partial charge in [-0.3, -0.25) is 4.79 Å².